The smallest absolute Gasteiger partial charge is 0.212 e. The van der Waals surface area contributed by atoms with Crippen molar-refractivity contribution in [2.75, 3.05) is 5.75 Å². The molecule has 0 aliphatic rings. The topological polar surface area (TPSA) is 86.3 Å². The molecule has 0 aliphatic heterocycles. The van der Waals surface area contributed by atoms with E-state index in [1.807, 2.05) is 4.72 Å². The monoisotopic (exact) mass is 194 g/mol. The zero-order valence-corrected chi connectivity index (χ0v) is 7.85. The van der Waals surface area contributed by atoms with Gasteiger partial charge in [0.15, 0.2) is 0 Å². The fourth-order valence-electron chi connectivity index (χ4n) is 0.645. The van der Waals surface area contributed by atoms with Gasteiger partial charge in [-0.25, -0.2) is 13.1 Å². The van der Waals surface area contributed by atoms with Crippen LogP contribution >= 0.6 is 0 Å². The molecule has 0 rings (SSSR count). The molecule has 1 atom stereocenters. The third-order valence-corrected chi connectivity index (χ3v) is 2.84. The first kappa shape index (κ1) is 11.4. The average molecular weight is 194 g/mol. The predicted molar refractivity (Wildman–Crippen MR) is 41.7 cm³/mol. The van der Waals surface area contributed by atoms with Crippen LogP contribution in [0.5, 0.6) is 0 Å². The highest BCUT2D eigenvalue weighted by Crippen LogP contribution is 1.91. The summed E-state index contributed by atoms with van der Waals surface area (Å²) in [5.41, 5.74) is 0. The normalized spacial score (nSPS) is 14.2. The van der Waals surface area contributed by atoms with Crippen LogP contribution in [0.25, 0.3) is 0 Å². The summed E-state index contributed by atoms with van der Waals surface area (Å²) >= 11 is 0. The Balaban J connectivity index is 4.16. The number of carboxylic acids is 1. The molecule has 0 aromatic rings. The van der Waals surface area contributed by atoms with Crippen LogP contribution in [0.3, 0.4) is 0 Å². The van der Waals surface area contributed by atoms with Gasteiger partial charge < -0.3 is 9.90 Å². The molecule has 12 heavy (non-hydrogen) atoms. The SMILES string of the molecule is CCCS(=O)(=O)N[C@@H](C)C(=O)[O-]. The van der Waals surface area contributed by atoms with Crippen molar-refractivity contribution in [3.63, 3.8) is 0 Å². The van der Waals surface area contributed by atoms with Crippen LogP contribution in [0, 0.1) is 0 Å². The van der Waals surface area contributed by atoms with E-state index < -0.39 is 22.0 Å². The number of hydrogen-bond acceptors (Lipinski definition) is 4. The maximum Gasteiger partial charge on any atom is 0.212 e. The molecule has 0 bridgehead atoms. The maximum atomic E-state index is 10.9. The van der Waals surface area contributed by atoms with Gasteiger partial charge in [-0.2, -0.15) is 0 Å². The van der Waals surface area contributed by atoms with Crippen LogP contribution in [0.15, 0.2) is 0 Å². The Kier molecular flexibility index (Phi) is 4.19. The van der Waals surface area contributed by atoms with Gasteiger partial charge in [-0.1, -0.05) is 6.92 Å². The lowest BCUT2D eigenvalue weighted by molar-refractivity contribution is -0.307. The molecule has 0 radical (unpaired) electrons. The molecule has 0 aliphatic carbocycles. The molecule has 5 nitrogen and oxygen atoms in total. The van der Waals surface area contributed by atoms with Gasteiger partial charge in [-0.3, -0.25) is 0 Å². The van der Waals surface area contributed by atoms with Crippen molar-refractivity contribution in [3.8, 4) is 0 Å². The molecule has 72 valence electrons. The summed E-state index contributed by atoms with van der Waals surface area (Å²) in [5, 5.41) is 10.1. The number of aliphatic carboxylic acids is 1. The van der Waals surface area contributed by atoms with Gasteiger partial charge in [0.25, 0.3) is 0 Å². The van der Waals surface area contributed by atoms with Crippen molar-refractivity contribution in [1.82, 2.24) is 4.72 Å². The number of sulfonamides is 1. The minimum Gasteiger partial charge on any atom is -0.548 e. The molecule has 6 heteroatoms. The van der Waals surface area contributed by atoms with Crippen molar-refractivity contribution in [2.45, 2.75) is 26.3 Å². The maximum absolute atomic E-state index is 10.9. The number of nitrogens with one attached hydrogen (secondary N) is 1. The van der Waals surface area contributed by atoms with Crippen LogP contribution in [0.1, 0.15) is 20.3 Å². The van der Waals surface area contributed by atoms with E-state index in [4.69, 9.17) is 0 Å². The molecule has 0 saturated heterocycles. The summed E-state index contributed by atoms with van der Waals surface area (Å²) in [6, 6.07) is -1.17. The quantitative estimate of drug-likeness (QED) is 0.574. The molecule has 0 aromatic heterocycles. The molecular weight excluding hydrogens is 182 g/mol. The van der Waals surface area contributed by atoms with Crippen molar-refractivity contribution in [1.29, 1.82) is 0 Å². The summed E-state index contributed by atoms with van der Waals surface area (Å²) in [5.74, 6) is -1.49. The fourth-order valence-corrected chi connectivity index (χ4v) is 1.94. The third kappa shape index (κ3) is 4.30. The highest BCUT2D eigenvalue weighted by molar-refractivity contribution is 7.89. The molecule has 0 amide bonds. The van der Waals surface area contributed by atoms with Gasteiger partial charge in [0.2, 0.25) is 10.0 Å². The summed E-state index contributed by atoms with van der Waals surface area (Å²) in [4.78, 5) is 10.1. The van der Waals surface area contributed by atoms with Crippen molar-refractivity contribution in [2.24, 2.45) is 0 Å². The van der Waals surface area contributed by atoms with Crippen LogP contribution in [-0.4, -0.2) is 26.2 Å². The number of hydrogen-bond donors (Lipinski definition) is 1. The van der Waals surface area contributed by atoms with Gasteiger partial charge in [0.05, 0.1) is 17.8 Å². The first-order chi connectivity index (χ1) is 5.39. The molecular formula is C6H12NO4S-. The second-order valence-electron chi connectivity index (χ2n) is 2.48. The van der Waals surface area contributed by atoms with Crippen molar-refractivity contribution in [3.05, 3.63) is 0 Å². The zero-order valence-electron chi connectivity index (χ0n) is 7.03. The Labute approximate surface area is 71.8 Å². The summed E-state index contributed by atoms with van der Waals surface area (Å²) in [6.45, 7) is 2.92. The Bertz CT molecular complexity index is 246. The van der Waals surface area contributed by atoms with E-state index in [-0.39, 0.29) is 5.75 Å². The minimum absolute atomic E-state index is 0.0649. The summed E-state index contributed by atoms with van der Waals surface area (Å²) in [7, 11) is -3.45. The van der Waals surface area contributed by atoms with E-state index in [0.717, 1.165) is 0 Å². The first-order valence-corrected chi connectivity index (χ1v) is 5.25. The van der Waals surface area contributed by atoms with Crippen LogP contribution in [0.2, 0.25) is 0 Å². The Morgan fingerprint density at radius 3 is 2.42 bits per heavy atom. The van der Waals surface area contributed by atoms with E-state index in [1.165, 1.54) is 6.92 Å². The first-order valence-electron chi connectivity index (χ1n) is 3.60. The zero-order chi connectivity index (χ0) is 9.78. The Morgan fingerprint density at radius 2 is 2.08 bits per heavy atom. The number of carbonyl (C=O) groups excluding carboxylic acids is 1. The van der Waals surface area contributed by atoms with Gasteiger partial charge in [-0.05, 0) is 13.3 Å². The molecule has 0 heterocycles. The summed E-state index contributed by atoms with van der Waals surface area (Å²) in [6.07, 6.45) is 0.453. The number of carboxylic acid groups (broad SMARTS) is 1. The van der Waals surface area contributed by atoms with Crippen LogP contribution < -0.4 is 9.83 Å². The van der Waals surface area contributed by atoms with Crippen molar-refractivity contribution >= 4 is 16.0 Å². The van der Waals surface area contributed by atoms with E-state index in [1.54, 1.807) is 6.92 Å². The molecule has 1 N–H and O–H groups in total. The van der Waals surface area contributed by atoms with E-state index >= 15 is 0 Å². The van der Waals surface area contributed by atoms with Crippen molar-refractivity contribution < 1.29 is 18.3 Å². The van der Waals surface area contributed by atoms with E-state index in [0.29, 0.717) is 6.42 Å². The molecule has 0 fully saturated rings. The third-order valence-electron chi connectivity index (χ3n) is 1.18. The van der Waals surface area contributed by atoms with Crippen LogP contribution in [0.4, 0.5) is 0 Å². The lowest BCUT2D eigenvalue weighted by Gasteiger charge is -2.13. The predicted octanol–water partition coefficient (Wildman–Crippen LogP) is -1.55. The molecule has 0 saturated carbocycles. The van der Waals surface area contributed by atoms with Gasteiger partial charge in [-0.15, -0.1) is 0 Å². The van der Waals surface area contributed by atoms with E-state index in [2.05, 4.69) is 0 Å². The number of carbonyl (C=O) groups is 1. The average Bonchev–Trinajstić information content (AvgIpc) is 1.85. The molecule has 0 aromatic carbocycles. The highest BCUT2D eigenvalue weighted by atomic mass is 32.2. The summed E-state index contributed by atoms with van der Waals surface area (Å²) < 4.78 is 23.9. The van der Waals surface area contributed by atoms with Gasteiger partial charge >= 0.3 is 0 Å². The largest absolute Gasteiger partial charge is 0.548 e. The van der Waals surface area contributed by atoms with Gasteiger partial charge in [0, 0.05) is 0 Å². The Hall–Kier alpha value is -0.620. The van der Waals surface area contributed by atoms with Gasteiger partial charge in [0.1, 0.15) is 0 Å². The van der Waals surface area contributed by atoms with E-state index in [9.17, 15) is 18.3 Å². The molecule has 0 spiro atoms. The second-order valence-corrected chi connectivity index (χ2v) is 4.35. The standard InChI is InChI=1S/C6H13NO4S/c1-3-4-12(10,11)7-5(2)6(8)9/h5,7H,3-4H2,1-2H3,(H,8,9)/p-1/t5-/m0/s1. The fraction of sp³-hybridized carbons (Fsp3) is 0.833. The highest BCUT2D eigenvalue weighted by Gasteiger charge is 2.13. The lowest BCUT2D eigenvalue weighted by atomic mass is 10.4. The van der Waals surface area contributed by atoms with Crippen LogP contribution in [-0.2, 0) is 14.8 Å². The Morgan fingerprint density at radius 1 is 1.58 bits per heavy atom. The molecule has 0 unspecified atom stereocenters. The second kappa shape index (κ2) is 4.42. The number of rotatable bonds is 5. The lowest BCUT2D eigenvalue weighted by Crippen LogP contribution is -2.46. The minimum atomic E-state index is -3.45.